The lowest BCUT2D eigenvalue weighted by Gasteiger charge is -2.46. The van der Waals surface area contributed by atoms with Crippen LogP contribution in [-0.2, 0) is 6.54 Å². The Morgan fingerprint density at radius 3 is 2.52 bits per heavy atom. The van der Waals surface area contributed by atoms with Gasteiger partial charge in [-0.25, -0.2) is 0 Å². The normalized spacial score (nSPS) is 28.6. The molecule has 1 aliphatic rings. The minimum absolute atomic E-state index is 0.186. The number of hydrogen-bond donors (Lipinski definition) is 2. The third-order valence-electron chi connectivity index (χ3n) is 5.52. The fourth-order valence-electron chi connectivity index (χ4n) is 3.80. The molecule has 3 N–H and O–H groups in total. The smallest absolute Gasteiger partial charge is 0.102 e. The molecule has 1 saturated carbocycles. The number of aliphatic hydroxyl groups is 1. The van der Waals surface area contributed by atoms with Crippen molar-refractivity contribution in [1.29, 1.82) is 0 Å². The maximum absolute atomic E-state index is 10.9. The van der Waals surface area contributed by atoms with E-state index in [-0.39, 0.29) is 5.41 Å². The molecule has 4 heteroatoms. The van der Waals surface area contributed by atoms with Crippen molar-refractivity contribution in [2.24, 2.45) is 22.5 Å². The number of hydrogen-bond acceptors (Lipinski definition) is 3. The van der Waals surface area contributed by atoms with Gasteiger partial charge in [-0.05, 0) is 50.0 Å². The summed E-state index contributed by atoms with van der Waals surface area (Å²) >= 11 is 0. The topological polar surface area (TPSA) is 64.1 Å². The molecule has 0 radical (unpaired) electrons. The van der Waals surface area contributed by atoms with Crippen LogP contribution in [0.25, 0.3) is 0 Å². The first-order valence-corrected chi connectivity index (χ1v) is 8.24. The monoisotopic (exact) mass is 293 g/mol. The Morgan fingerprint density at radius 2 is 2.05 bits per heavy atom. The molecule has 120 valence electrons. The number of aryl methyl sites for hydroxylation is 1. The van der Waals surface area contributed by atoms with Gasteiger partial charge in [0.05, 0.1) is 5.69 Å². The average Bonchev–Trinajstić information content (AvgIpc) is 2.93. The van der Waals surface area contributed by atoms with Gasteiger partial charge in [0.2, 0.25) is 0 Å². The first-order chi connectivity index (χ1) is 9.84. The molecule has 1 aromatic heterocycles. The molecule has 0 aromatic carbocycles. The summed E-state index contributed by atoms with van der Waals surface area (Å²) in [5.74, 6) is 0.723. The largest absolute Gasteiger partial charge is 0.386 e. The molecule has 0 spiro atoms. The maximum atomic E-state index is 10.9. The number of nitrogens with two attached hydrogens (primary N) is 1. The Balaban J connectivity index is 2.16. The fourth-order valence-corrected chi connectivity index (χ4v) is 3.80. The summed E-state index contributed by atoms with van der Waals surface area (Å²) < 4.78 is 1.89. The van der Waals surface area contributed by atoms with Gasteiger partial charge < -0.3 is 10.8 Å². The Morgan fingerprint density at radius 1 is 1.43 bits per heavy atom. The van der Waals surface area contributed by atoms with E-state index in [4.69, 9.17) is 5.73 Å². The van der Waals surface area contributed by atoms with Gasteiger partial charge >= 0.3 is 0 Å². The Kier molecular flexibility index (Phi) is 4.79. The van der Waals surface area contributed by atoms with Gasteiger partial charge in [-0.3, -0.25) is 4.68 Å². The summed E-state index contributed by atoms with van der Waals surface area (Å²) in [4.78, 5) is 0. The van der Waals surface area contributed by atoms with Crippen molar-refractivity contribution >= 4 is 0 Å². The summed E-state index contributed by atoms with van der Waals surface area (Å²) in [6.07, 6.45) is 5.57. The zero-order valence-electron chi connectivity index (χ0n) is 14.0. The molecule has 2 rings (SSSR count). The quantitative estimate of drug-likeness (QED) is 0.896. The molecule has 1 aromatic rings. The van der Waals surface area contributed by atoms with Crippen molar-refractivity contribution < 1.29 is 5.11 Å². The lowest BCUT2D eigenvalue weighted by Crippen LogP contribution is -2.42. The van der Waals surface area contributed by atoms with E-state index >= 15 is 0 Å². The van der Waals surface area contributed by atoms with Crippen molar-refractivity contribution in [3.8, 4) is 0 Å². The van der Waals surface area contributed by atoms with Gasteiger partial charge in [-0.15, -0.1) is 0 Å². The SMILES string of the molecule is CCn1nccc1C(O)C1(CN)CCC(C(C)(C)C)CC1. The zero-order valence-corrected chi connectivity index (χ0v) is 14.0. The van der Waals surface area contributed by atoms with Crippen LogP contribution in [0.4, 0.5) is 0 Å². The van der Waals surface area contributed by atoms with E-state index in [1.165, 1.54) is 0 Å². The summed E-state index contributed by atoms with van der Waals surface area (Å²) in [7, 11) is 0. The molecule has 0 amide bonds. The van der Waals surface area contributed by atoms with Crippen LogP contribution < -0.4 is 5.73 Å². The second-order valence-electron chi connectivity index (χ2n) is 7.68. The Hall–Kier alpha value is -0.870. The predicted octanol–water partition coefficient (Wildman–Crippen LogP) is 3.12. The number of aliphatic hydroxyl groups excluding tert-OH is 1. The van der Waals surface area contributed by atoms with E-state index in [2.05, 4.69) is 32.8 Å². The van der Waals surface area contributed by atoms with Gasteiger partial charge in [0.1, 0.15) is 6.10 Å². The van der Waals surface area contributed by atoms with E-state index in [0.717, 1.165) is 43.8 Å². The van der Waals surface area contributed by atoms with E-state index in [0.29, 0.717) is 12.0 Å². The summed E-state index contributed by atoms with van der Waals surface area (Å²) in [5.41, 5.74) is 7.17. The highest BCUT2D eigenvalue weighted by Gasteiger charge is 2.44. The molecule has 1 unspecified atom stereocenters. The molecule has 1 aliphatic carbocycles. The van der Waals surface area contributed by atoms with Crippen LogP contribution in [-0.4, -0.2) is 21.4 Å². The first-order valence-electron chi connectivity index (χ1n) is 8.24. The third-order valence-corrected chi connectivity index (χ3v) is 5.52. The summed E-state index contributed by atoms with van der Waals surface area (Å²) in [6, 6.07) is 1.93. The number of aromatic nitrogens is 2. The predicted molar refractivity (Wildman–Crippen MR) is 85.8 cm³/mol. The molecule has 1 atom stereocenters. The molecular formula is C17H31N3O. The highest BCUT2D eigenvalue weighted by Crippen LogP contribution is 2.50. The van der Waals surface area contributed by atoms with Crippen molar-refractivity contribution in [2.75, 3.05) is 6.54 Å². The average molecular weight is 293 g/mol. The van der Waals surface area contributed by atoms with Crippen LogP contribution in [0.2, 0.25) is 0 Å². The zero-order chi connectivity index (χ0) is 15.7. The van der Waals surface area contributed by atoms with Crippen LogP contribution >= 0.6 is 0 Å². The number of nitrogens with zero attached hydrogens (tertiary/aromatic N) is 2. The molecule has 4 nitrogen and oxygen atoms in total. The minimum atomic E-state index is -0.508. The van der Waals surface area contributed by atoms with E-state index in [9.17, 15) is 5.11 Å². The van der Waals surface area contributed by atoms with Gasteiger partial charge in [-0.1, -0.05) is 20.8 Å². The fraction of sp³-hybridized carbons (Fsp3) is 0.824. The molecule has 1 heterocycles. The van der Waals surface area contributed by atoms with Crippen LogP contribution in [0.15, 0.2) is 12.3 Å². The molecule has 21 heavy (non-hydrogen) atoms. The minimum Gasteiger partial charge on any atom is -0.386 e. The van der Waals surface area contributed by atoms with Gasteiger partial charge in [0, 0.05) is 24.7 Å². The molecular weight excluding hydrogens is 262 g/mol. The van der Waals surface area contributed by atoms with E-state index in [1.54, 1.807) is 6.20 Å². The van der Waals surface area contributed by atoms with E-state index < -0.39 is 6.10 Å². The van der Waals surface area contributed by atoms with Gasteiger partial charge in [0.25, 0.3) is 0 Å². The van der Waals surface area contributed by atoms with E-state index in [1.807, 2.05) is 10.7 Å². The van der Waals surface area contributed by atoms with Crippen molar-refractivity contribution in [2.45, 2.75) is 66.0 Å². The Bertz CT molecular complexity index is 453. The van der Waals surface area contributed by atoms with Crippen LogP contribution in [0.3, 0.4) is 0 Å². The van der Waals surface area contributed by atoms with Gasteiger partial charge in [-0.2, -0.15) is 5.10 Å². The van der Waals surface area contributed by atoms with Crippen molar-refractivity contribution in [3.63, 3.8) is 0 Å². The highest BCUT2D eigenvalue weighted by atomic mass is 16.3. The lowest BCUT2D eigenvalue weighted by molar-refractivity contribution is -0.0278. The molecule has 0 aliphatic heterocycles. The van der Waals surface area contributed by atoms with Gasteiger partial charge in [0.15, 0.2) is 0 Å². The second-order valence-corrected chi connectivity index (χ2v) is 7.68. The van der Waals surface area contributed by atoms with Crippen LogP contribution in [0, 0.1) is 16.7 Å². The molecule has 0 bridgehead atoms. The van der Waals surface area contributed by atoms with Crippen molar-refractivity contribution in [3.05, 3.63) is 18.0 Å². The van der Waals surface area contributed by atoms with Crippen molar-refractivity contribution in [1.82, 2.24) is 9.78 Å². The standard InChI is InChI=1S/C17H31N3O/c1-5-20-14(8-11-19-20)15(21)17(12-18)9-6-13(7-10-17)16(2,3)4/h8,11,13,15,21H,5-7,9-10,12,18H2,1-4H3. The summed E-state index contributed by atoms with van der Waals surface area (Å²) in [6.45, 7) is 10.3. The maximum Gasteiger partial charge on any atom is 0.102 e. The van der Waals surface area contributed by atoms with Crippen LogP contribution in [0.5, 0.6) is 0 Å². The summed E-state index contributed by atoms with van der Waals surface area (Å²) in [5, 5.41) is 15.2. The molecule has 0 saturated heterocycles. The number of rotatable bonds is 4. The molecule has 1 fully saturated rings. The third kappa shape index (κ3) is 3.16. The van der Waals surface area contributed by atoms with Crippen LogP contribution in [0.1, 0.15) is 65.2 Å². The lowest BCUT2D eigenvalue weighted by atomic mass is 9.62. The Labute approximate surface area is 128 Å². The highest BCUT2D eigenvalue weighted by molar-refractivity contribution is 5.11. The second kappa shape index (κ2) is 6.09. The first kappa shape index (κ1) is 16.5.